The number of hydrogen-bond donors (Lipinski definition) is 1. The van der Waals surface area contributed by atoms with E-state index in [1.807, 2.05) is 18.2 Å². The SMILES string of the molecule is CC1=CC(C)(C)Nc2ccc3c(c21)/C(=C/c1ccccc1)Oc1ccc(F)cc1-3. The van der Waals surface area contributed by atoms with Gasteiger partial charge in [0, 0.05) is 22.4 Å². The van der Waals surface area contributed by atoms with Gasteiger partial charge in [-0.15, -0.1) is 0 Å². The zero-order valence-corrected chi connectivity index (χ0v) is 16.7. The van der Waals surface area contributed by atoms with Gasteiger partial charge in [-0.2, -0.15) is 0 Å². The Kier molecular flexibility index (Phi) is 3.88. The first kappa shape index (κ1) is 17.7. The Balaban J connectivity index is 1.81. The Hall–Kier alpha value is -3.33. The molecular formula is C26H22FNO. The molecule has 0 fully saturated rings. The van der Waals surface area contributed by atoms with Crippen molar-refractivity contribution in [1.82, 2.24) is 0 Å². The molecule has 0 unspecified atom stereocenters. The summed E-state index contributed by atoms with van der Waals surface area (Å²) in [5, 5.41) is 3.60. The highest BCUT2D eigenvalue weighted by Gasteiger charge is 2.31. The van der Waals surface area contributed by atoms with Gasteiger partial charge in [0.05, 0.1) is 5.54 Å². The van der Waals surface area contributed by atoms with Crippen molar-refractivity contribution in [2.45, 2.75) is 26.3 Å². The number of allylic oxidation sites excluding steroid dienone is 1. The van der Waals surface area contributed by atoms with Gasteiger partial charge in [-0.3, -0.25) is 0 Å². The van der Waals surface area contributed by atoms with E-state index in [1.165, 1.54) is 11.6 Å². The maximum absolute atomic E-state index is 14.1. The number of nitrogens with one attached hydrogen (secondary N) is 1. The van der Waals surface area contributed by atoms with E-state index in [9.17, 15) is 4.39 Å². The Bertz CT molecular complexity index is 1190. The van der Waals surface area contributed by atoms with Gasteiger partial charge in [0.25, 0.3) is 0 Å². The van der Waals surface area contributed by atoms with Crippen LogP contribution in [-0.2, 0) is 0 Å². The van der Waals surface area contributed by atoms with Crippen molar-refractivity contribution in [2.75, 3.05) is 5.32 Å². The van der Waals surface area contributed by atoms with Crippen LogP contribution in [0.1, 0.15) is 37.5 Å². The lowest BCUT2D eigenvalue weighted by Gasteiger charge is -2.35. The molecule has 5 rings (SSSR count). The molecule has 2 heterocycles. The molecule has 0 saturated heterocycles. The first-order valence-corrected chi connectivity index (χ1v) is 9.81. The van der Waals surface area contributed by atoms with Gasteiger partial charge in [-0.25, -0.2) is 4.39 Å². The summed E-state index contributed by atoms with van der Waals surface area (Å²) in [6.07, 6.45) is 4.29. The van der Waals surface area contributed by atoms with Crippen LogP contribution in [0.3, 0.4) is 0 Å². The molecule has 0 spiro atoms. The molecule has 3 heteroatoms. The van der Waals surface area contributed by atoms with E-state index < -0.39 is 0 Å². The molecule has 0 bridgehead atoms. The fourth-order valence-electron chi connectivity index (χ4n) is 4.37. The molecule has 0 amide bonds. The van der Waals surface area contributed by atoms with Crippen LogP contribution in [0.25, 0.3) is 28.5 Å². The molecule has 2 nitrogen and oxygen atoms in total. The zero-order chi connectivity index (χ0) is 20.2. The average Bonchev–Trinajstić information content (AvgIpc) is 2.67. The maximum atomic E-state index is 14.1. The van der Waals surface area contributed by atoms with Crippen LogP contribution in [0, 0.1) is 5.82 Å². The molecule has 0 atom stereocenters. The van der Waals surface area contributed by atoms with Crippen LogP contribution in [0.5, 0.6) is 5.75 Å². The molecule has 3 aromatic carbocycles. The molecule has 0 aliphatic carbocycles. The van der Waals surface area contributed by atoms with Crippen molar-refractivity contribution in [1.29, 1.82) is 0 Å². The van der Waals surface area contributed by atoms with E-state index in [4.69, 9.17) is 4.74 Å². The Morgan fingerprint density at radius 2 is 1.72 bits per heavy atom. The van der Waals surface area contributed by atoms with Crippen molar-refractivity contribution in [3.8, 4) is 16.9 Å². The first-order valence-electron chi connectivity index (χ1n) is 9.81. The summed E-state index contributed by atoms with van der Waals surface area (Å²) in [6.45, 7) is 6.44. The molecule has 1 N–H and O–H groups in total. The van der Waals surface area contributed by atoms with Crippen molar-refractivity contribution < 1.29 is 9.13 Å². The predicted octanol–water partition coefficient (Wildman–Crippen LogP) is 6.99. The third-order valence-electron chi connectivity index (χ3n) is 5.43. The number of benzene rings is 3. The molecule has 0 aromatic heterocycles. The Morgan fingerprint density at radius 1 is 0.931 bits per heavy atom. The van der Waals surface area contributed by atoms with Gasteiger partial charge in [0.1, 0.15) is 17.3 Å². The minimum absolute atomic E-state index is 0.131. The molecular weight excluding hydrogens is 361 g/mol. The lowest BCUT2D eigenvalue weighted by Crippen LogP contribution is -2.32. The van der Waals surface area contributed by atoms with Crippen molar-refractivity contribution in [3.05, 3.63) is 89.2 Å². The molecule has 3 aromatic rings. The van der Waals surface area contributed by atoms with Gasteiger partial charge < -0.3 is 10.1 Å². The van der Waals surface area contributed by atoms with Crippen LogP contribution >= 0.6 is 0 Å². The van der Waals surface area contributed by atoms with E-state index >= 15 is 0 Å². The predicted molar refractivity (Wildman–Crippen MR) is 118 cm³/mol. The summed E-state index contributed by atoms with van der Waals surface area (Å²) in [5.41, 5.74) is 7.06. The van der Waals surface area contributed by atoms with Crippen LogP contribution in [0.2, 0.25) is 0 Å². The summed E-state index contributed by atoms with van der Waals surface area (Å²) >= 11 is 0. The number of fused-ring (bicyclic) bond motifs is 5. The summed E-state index contributed by atoms with van der Waals surface area (Å²) < 4.78 is 20.4. The second-order valence-electron chi connectivity index (χ2n) is 8.25. The van der Waals surface area contributed by atoms with Gasteiger partial charge in [-0.05, 0) is 67.8 Å². The van der Waals surface area contributed by atoms with E-state index in [-0.39, 0.29) is 11.4 Å². The molecule has 2 aliphatic rings. The Morgan fingerprint density at radius 3 is 2.52 bits per heavy atom. The smallest absolute Gasteiger partial charge is 0.136 e. The second-order valence-corrected chi connectivity index (χ2v) is 8.25. The van der Waals surface area contributed by atoms with Gasteiger partial charge in [0.2, 0.25) is 0 Å². The minimum atomic E-state index is -0.266. The van der Waals surface area contributed by atoms with Crippen molar-refractivity contribution >= 4 is 23.1 Å². The van der Waals surface area contributed by atoms with Crippen molar-refractivity contribution in [2.24, 2.45) is 0 Å². The average molecular weight is 383 g/mol. The largest absolute Gasteiger partial charge is 0.456 e. The standard InChI is InChI=1S/C26H22FNO/c1-16-15-26(2,3)28-21-11-10-19-20-14-18(27)9-12-22(20)29-23(25(19)24(16)21)13-17-7-5-4-6-8-17/h4-15,28H,1-3H3/b23-13-. The third-order valence-corrected chi connectivity index (χ3v) is 5.43. The highest BCUT2D eigenvalue weighted by molar-refractivity contribution is 6.00. The van der Waals surface area contributed by atoms with Gasteiger partial charge in [0.15, 0.2) is 0 Å². The Labute approximate surface area is 170 Å². The first-order chi connectivity index (χ1) is 13.9. The molecule has 144 valence electrons. The highest BCUT2D eigenvalue weighted by atomic mass is 19.1. The van der Waals surface area contributed by atoms with Crippen LogP contribution < -0.4 is 10.1 Å². The summed E-state index contributed by atoms with van der Waals surface area (Å²) in [6, 6.07) is 19.0. The van der Waals surface area contributed by atoms with E-state index in [0.717, 1.165) is 39.3 Å². The second kappa shape index (κ2) is 6.35. The van der Waals surface area contributed by atoms with Crippen molar-refractivity contribution in [3.63, 3.8) is 0 Å². The fourth-order valence-corrected chi connectivity index (χ4v) is 4.37. The van der Waals surface area contributed by atoms with Crippen LogP contribution in [0.4, 0.5) is 10.1 Å². The summed E-state index contributed by atoms with van der Waals surface area (Å²) in [7, 11) is 0. The normalized spacial score (nSPS) is 17.4. The number of ether oxygens (including phenoxy) is 1. The lowest BCUT2D eigenvalue weighted by molar-refractivity contribution is 0.511. The molecule has 0 saturated carbocycles. The topological polar surface area (TPSA) is 21.3 Å². The monoisotopic (exact) mass is 383 g/mol. The van der Waals surface area contributed by atoms with E-state index in [2.05, 4.69) is 62.5 Å². The molecule has 29 heavy (non-hydrogen) atoms. The quantitative estimate of drug-likeness (QED) is 0.489. The number of anilines is 1. The maximum Gasteiger partial charge on any atom is 0.136 e. The number of rotatable bonds is 1. The third kappa shape index (κ3) is 3.03. The molecule has 2 aliphatic heterocycles. The number of halogens is 1. The van der Waals surface area contributed by atoms with Gasteiger partial charge in [-0.1, -0.05) is 42.5 Å². The lowest BCUT2D eigenvalue weighted by atomic mass is 9.83. The zero-order valence-electron chi connectivity index (χ0n) is 16.7. The van der Waals surface area contributed by atoms with E-state index in [0.29, 0.717) is 5.75 Å². The number of hydrogen-bond acceptors (Lipinski definition) is 2. The van der Waals surface area contributed by atoms with Crippen LogP contribution in [-0.4, -0.2) is 5.54 Å². The van der Waals surface area contributed by atoms with E-state index in [1.54, 1.807) is 12.1 Å². The highest BCUT2D eigenvalue weighted by Crippen LogP contribution is 2.49. The summed E-state index contributed by atoms with van der Waals surface area (Å²) in [4.78, 5) is 0. The van der Waals surface area contributed by atoms with Gasteiger partial charge >= 0.3 is 0 Å². The molecule has 0 radical (unpaired) electrons. The fraction of sp³-hybridized carbons (Fsp3) is 0.154. The van der Waals surface area contributed by atoms with Crippen LogP contribution in [0.15, 0.2) is 66.7 Å². The summed E-state index contributed by atoms with van der Waals surface area (Å²) in [5.74, 6) is 1.18. The minimum Gasteiger partial charge on any atom is -0.456 e.